The Bertz CT molecular complexity index is 883. The van der Waals surface area contributed by atoms with Crippen molar-refractivity contribution in [2.24, 2.45) is 11.8 Å². The van der Waals surface area contributed by atoms with Crippen molar-refractivity contribution in [3.05, 3.63) is 0 Å². The van der Waals surface area contributed by atoms with Gasteiger partial charge in [-0.15, -0.1) is 0 Å². The molecular weight excluding hydrogens is 509 g/mol. The Morgan fingerprint density at radius 1 is 0.946 bits per heavy atom. The predicted molar refractivity (Wildman–Crippen MR) is 135 cm³/mol. The molecule has 0 aromatic heterocycles. The molecule has 214 valence electrons. The molecule has 0 bridgehead atoms. The molecule has 0 aromatic rings. The Labute approximate surface area is 218 Å². The standard InChI is InChI=1S/C25H43F3N4O4S/c1-31(19-14-21-20(29-15-19)8-9-22(30-21)36-3)18-6-4-16(5-7-18)23(25(26,27)28)32(2)24(33)17-10-12-37(34,35)13-11-17/h16-23,29-30H,4-15H2,1-3H3/t16?,18?,19?,20?,21?,22?,23-/m0/s1. The molecule has 5 atom stereocenters. The fourth-order valence-corrected chi connectivity index (χ4v) is 8.59. The minimum absolute atomic E-state index is 0.0690. The van der Waals surface area contributed by atoms with E-state index >= 15 is 0 Å². The zero-order valence-corrected chi connectivity index (χ0v) is 23.0. The summed E-state index contributed by atoms with van der Waals surface area (Å²) in [6.45, 7) is 0.871. The molecule has 12 heteroatoms. The highest BCUT2D eigenvalue weighted by Gasteiger charge is 2.50. The number of hydrogen-bond acceptors (Lipinski definition) is 7. The van der Waals surface area contributed by atoms with Gasteiger partial charge in [-0.1, -0.05) is 0 Å². The lowest BCUT2D eigenvalue weighted by Gasteiger charge is -2.48. The van der Waals surface area contributed by atoms with E-state index in [0.717, 1.165) is 30.7 Å². The molecule has 1 saturated carbocycles. The number of sulfone groups is 1. The van der Waals surface area contributed by atoms with Gasteiger partial charge in [-0.2, -0.15) is 13.2 Å². The van der Waals surface area contributed by atoms with Gasteiger partial charge in [0.15, 0.2) is 0 Å². The van der Waals surface area contributed by atoms with Crippen LogP contribution in [0.15, 0.2) is 0 Å². The third kappa shape index (κ3) is 6.80. The fourth-order valence-electron chi connectivity index (χ4n) is 7.09. The van der Waals surface area contributed by atoms with E-state index in [9.17, 15) is 26.4 Å². The highest BCUT2D eigenvalue weighted by Crippen LogP contribution is 2.40. The molecule has 0 aromatic carbocycles. The second-order valence-corrected chi connectivity index (χ2v) is 13.9. The molecule has 0 radical (unpaired) electrons. The largest absolute Gasteiger partial charge is 0.409 e. The average Bonchev–Trinajstić information content (AvgIpc) is 2.86. The number of carbonyl (C=O) groups excluding carboxylic acids is 1. The third-order valence-electron chi connectivity index (χ3n) is 9.40. The monoisotopic (exact) mass is 552 g/mol. The van der Waals surface area contributed by atoms with Crippen LogP contribution in [0.1, 0.15) is 57.8 Å². The molecule has 37 heavy (non-hydrogen) atoms. The van der Waals surface area contributed by atoms with E-state index in [1.165, 1.54) is 7.05 Å². The minimum atomic E-state index is -4.53. The number of nitrogens with zero attached hydrogens (tertiary/aromatic N) is 2. The van der Waals surface area contributed by atoms with E-state index in [2.05, 4.69) is 22.6 Å². The molecule has 1 aliphatic carbocycles. The minimum Gasteiger partial charge on any atom is -0.367 e. The molecule has 4 unspecified atom stereocenters. The van der Waals surface area contributed by atoms with Crippen LogP contribution in [0, 0.1) is 11.8 Å². The van der Waals surface area contributed by atoms with Crippen molar-refractivity contribution >= 4 is 15.7 Å². The maximum Gasteiger partial charge on any atom is 0.409 e. The summed E-state index contributed by atoms with van der Waals surface area (Å²) in [5, 5.41) is 7.23. The molecule has 2 N–H and O–H groups in total. The van der Waals surface area contributed by atoms with Crippen molar-refractivity contribution in [1.29, 1.82) is 0 Å². The Hall–Kier alpha value is -0.950. The zero-order chi connectivity index (χ0) is 27.0. The number of likely N-dealkylation sites (N-methyl/N-ethyl adjacent to an activating group) is 1. The molecule has 3 heterocycles. The SMILES string of the molecule is COC1CCC2NCC(N(C)C3CCC([C@H](N(C)C(=O)C4CCS(=O)(=O)CC4)C(F)(F)F)CC3)CC2N1. The van der Waals surface area contributed by atoms with Gasteiger partial charge >= 0.3 is 6.18 Å². The molecule has 3 saturated heterocycles. The number of ether oxygens (including phenoxy) is 1. The van der Waals surface area contributed by atoms with E-state index in [0.29, 0.717) is 43.8 Å². The highest BCUT2D eigenvalue weighted by atomic mass is 32.2. The molecule has 4 fully saturated rings. The first-order chi connectivity index (χ1) is 17.4. The number of nitrogens with one attached hydrogen (secondary N) is 2. The predicted octanol–water partition coefficient (Wildman–Crippen LogP) is 2.15. The maximum atomic E-state index is 14.2. The lowest BCUT2D eigenvalue weighted by Crippen LogP contribution is -2.64. The van der Waals surface area contributed by atoms with Crippen molar-refractivity contribution in [2.45, 2.75) is 100 Å². The van der Waals surface area contributed by atoms with Crippen LogP contribution in [0.2, 0.25) is 0 Å². The van der Waals surface area contributed by atoms with Crippen LogP contribution in [0.25, 0.3) is 0 Å². The lowest BCUT2D eigenvalue weighted by atomic mass is 9.79. The second-order valence-electron chi connectivity index (χ2n) is 11.6. The number of amides is 1. The number of piperidine rings is 2. The van der Waals surface area contributed by atoms with Gasteiger partial charge in [0.25, 0.3) is 0 Å². The van der Waals surface area contributed by atoms with Gasteiger partial charge in [-0.3, -0.25) is 15.0 Å². The van der Waals surface area contributed by atoms with Crippen LogP contribution in [0.4, 0.5) is 13.2 Å². The number of hydrogen-bond donors (Lipinski definition) is 2. The molecule has 1 amide bonds. The van der Waals surface area contributed by atoms with Gasteiger partial charge in [-0.05, 0) is 70.8 Å². The average molecular weight is 553 g/mol. The summed E-state index contributed by atoms with van der Waals surface area (Å²) in [6, 6.07) is -0.577. The first kappa shape index (κ1) is 29.0. The van der Waals surface area contributed by atoms with Crippen LogP contribution in [-0.2, 0) is 19.4 Å². The van der Waals surface area contributed by atoms with Gasteiger partial charge in [0, 0.05) is 50.8 Å². The first-order valence-corrected chi connectivity index (χ1v) is 15.5. The van der Waals surface area contributed by atoms with Crippen molar-refractivity contribution in [3.63, 3.8) is 0 Å². The molecular formula is C25H43F3N4O4S. The zero-order valence-electron chi connectivity index (χ0n) is 22.2. The Morgan fingerprint density at radius 2 is 1.59 bits per heavy atom. The summed E-state index contributed by atoms with van der Waals surface area (Å²) in [6.07, 6.45) is 0.917. The number of alkyl halides is 3. The first-order valence-electron chi connectivity index (χ1n) is 13.7. The summed E-state index contributed by atoms with van der Waals surface area (Å²) in [5.74, 6) is -2.15. The number of methoxy groups -OCH3 is 1. The molecule has 8 nitrogen and oxygen atoms in total. The van der Waals surface area contributed by atoms with E-state index in [4.69, 9.17) is 4.74 Å². The van der Waals surface area contributed by atoms with Gasteiger partial charge in [0.05, 0.1) is 11.5 Å². The van der Waals surface area contributed by atoms with E-state index in [1.807, 2.05) is 0 Å². The van der Waals surface area contributed by atoms with Gasteiger partial charge in [0.1, 0.15) is 22.1 Å². The van der Waals surface area contributed by atoms with E-state index < -0.39 is 39.8 Å². The van der Waals surface area contributed by atoms with Crippen molar-refractivity contribution < 1.29 is 31.1 Å². The molecule has 4 rings (SSSR count). The third-order valence-corrected chi connectivity index (χ3v) is 11.1. The number of rotatable bonds is 6. The van der Waals surface area contributed by atoms with Gasteiger partial charge in [-0.25, -0.2) is 8.42 Å². The highest BCUT2D eigenvalue weighted by molar-refractivity contribution is 7.91. The second kappa shape index (κ2) is 11.7. The van der Waals surface area contributed by atoms with Crippen LogP contribution < -0.4 is 10.6 Å². The lowest BCUT2D eigenvalue weighted by molar-refractivity contribution is -0.203. The summed E-state index contributed by atoms with van der Waals surface area (Å²) < 4.78 is 71.6. The Kier molecular flexibility index (Phi) is 9.15. The van der Waals surface area contributed by atoms with Crippen molar-refractivity contribution in [3.8, 4) is 0 Å². The fraction of sp³-hybridized carbons (Fsp3) is 0.960. The summed E-state index contributed by atoms with van der Waals surface area (Å²) >= 11 is 0. The molecule has 4 aliphatic rings. The smallest absolute Gasteiger partial charge is 0.367 e. The number of carbonyl (C=O) groups is 1. The van der Waals surface area contributed by atoms with Crippen LogP contribution >= 0.6 is 0 Å². The van der Waals surface area contributed by atoms with E-state index in [-0.39, 0.29) is 36.6 Å². The van der Waals surface area contributed by atoms with Gasteiger partial charge in [0.2, 0.25) is 5.91 Å². The van der Waals surface area contributed by atoms with Crippen LogP contribution in [-0.4, -0.2) is 106 Å². The quantitative estimate of drug-likeness (QED) is 0.522. The normalized spacial score (nSPS) is 36.1. The summed E-state index contributed by atoms with van der Waals surface area (Å²) in [4.78, 5) is 16.2. The van der Waals surface area contributed by atoms with E-state index in [1.54, 1.807) is 7.11 Å². The molecule has 0 spiro atoms. The number of fused-ring (bicyclic) bond motifs is 1. The summed E-state index contributed by atoms with van der Waals surface area (Å²) in [7, 11) is 1.86. The van der Waals surface area contributed by atoms with Crippen LogP contribution in [0.5, 0.6) is 0 Å². The Morgan fingerprint density at radius 3 is 2.19 bits per heavy atom. The van der Waals surface area contributed by atoms with Crippen LogP contribution in [0.3, 0.4) is 0 Å². The number of halogens is 3. The van der Waals surface area contributed by atoms with Gasteiger partial charge < -0.3 is 15.0 Å². The van der Waals surface area contributed by atoms with Crippen molar-refractivity contribution in [1.82, 2.24) is 20.4 Å². The Balaban J connectivity index is 1.33. The van der Waals surface area contributed by atoms with Crippen molar-refractivity contribution in [2.75, 3.05) is 39.3 Å². The summed E-state index contributed by atoms with van der Waals surface area (Å²) in [5.41, 5.74) is 0. The molecule has 3 aliphatic heterocycles. The topological polar surface area (TPSA) is 91.0 Å². The maximum absolute atomic E-state index is 14.2.